The number of carboxylic acid groups (broad SMARTS) is 1. The predicted molar refractivity (Wildman–Crippen MR) is 134 cm³/mol. The van der Waals surface area contributed by atoms with Crippen LogP contribution in [0, 0.1) is 0 Å². The maximum absolute atomic E-state index is 13.2. The van der Waals surface area contributed by atoms with Crippen LogP contribution in [0.4, 0.5) is 4.79 Å². The monoisotopic (exact) mass is 538 g/mol. The molecule has 1 N–H and O–H groups in total. The van der Waals surface area contributed by atoms with E-state index in [1.807, 2.05) is 0 Å². The minimum atomic E-state index is -3.51. The van der Waals surface area contributed by atoms with Crippen LogP contribution < -0.4 is 5.56 Å². The molecule has 0 unspecified atom stereocenters. The van der Waals surface area contributed by atoms with Gasteiger partial charge in [-0.3, -0.25) is 14.3 Å². The van der Waals surface area contributed by atoms with Crippen molar-refractivity contribution in [3.8, 4) is 0 Å². The average Bonchev–Trinajstić information content (AvgIpc) is 2.82. The lowest BCUT2D eigenvalue weighted by Gasteiger charge is -2.33. The smallest absolute Gasteiger partial charge is 0.407 e. The van der Waals surface area contributed by atoms with Crippen molar-refractivity contribution in [2.75, 3.05) is 31.9 Å². The van der Waals surface area contributed by atoms with E-state index >= 15 is 0 Å². The second-order valence-corrected chi connectivity index (χ2v) is 11.4. The fourth-order valence-corrected chi connectivity index (χ4v) is 5.64. The van der Waals surface area contributed by atoms with Gasteiger partial charge in [-0.25, -0.2) is 18.2 Å². The number of sulfone groups is 1. The normalized spacial score (nSPS) is 15.0. The van der Waals surface area contributed by atoms with Crippen molar-refractivity contribution in [1.82, 2.24) is 19.4 Å². The largest absolute Gasteiger partial charge is 0.465 e. The molecular weight excluding hydrogens is 515 g/mol. The summed E-state index contributed by atoms with van der Waals surface area (Å²) < 4.78 is 26.4. The molecule has 1 aromatic heterocycles. The lowest BCUT2D eigenvalue weighted by molar-refractivity contribution is 0.103. The first-order valence-corrected chi connectivity index (χ1v) is 13.4. The van der Waals surface area contributed by atoms with Gasteiger partial charge in [0, 0.05) is 42.8 Å². The summed E-state index contributed by atoms with van der Waals surface area (Å²) in [6.45, 7) is 4.06. The standard InChI is InChI=1S/C23H24Cl2N4O5S/c1-2-35(33,34)21-4-3-17(24)9-16(21)13-29-14-26-20-10-15(19(25)11-18(20)22(29)30)12-27-5-7-28(8-6-27)23(31)32/h3-4,9-11,14H,2,5-8,12-13H2,1H3,(H,31,32). The zero-order valence-corrected chi connectivity index (χ0v) is 21.3. The first-order chi connectivity index (χ1) is 16.6. The quantitative estimate of drug-likeness (QED) is 0.511. The summed E-state index contributed by atoms with van der Waals surface area (Å²) in [5.74, 6) is -0.0732. The second kappa shape index (κ2) is 10.1. The Kier molecular flexibility index (Phi) is 7.37. The highest BCUT2D eigenvalue weighted by Gasteiger charge is 2.22. The van der Waals surface area contributed by atoms with E-state index in [0.29, 0.717) is 59.2 Å². The Morgan fingerprint density at radius 3 is 2.43 bits per heavy atom. The Morgan fingerprint density at radius 1 is 1.06 bits per heavy atom. The molecule has 3 aromatic rings. The van der Waals surface area contributed by atoms with Gasteiger partial charge in [0.1, 0.15) is 0 Å². The van der Waals surface area contributed by atoms with Crippen LogP contribution in [0.15, 0.2) is 46.3 Å². The van der Waals surface area contributed by atoms with Crippen LogP contribution in [-0.2, 0) is 22.9 Å². The van der Waals surface area contributed by atoms with Gasteiger partial charge in [0.05, 0.1) is 34.4 Å². The molecule has 0 bridgehead atoms. The molecule has 0 radical (unpaired) electrons. The lowest BCUT2D eigenvalue weighted by Crippen LogP contribution is -2.47. The minimum absolute atomic E-state index is 0.00980. The molecule has 9 nitrogen and oxygen atoms in total. The van der Waals surface area contributed by atoms with Crippen molar-refractivity contribution in [3.05, 3.63) is 68.2 Å². The number of aromatic nitrogens is 2. The van der Waals surface area contributed by atoms with E-state index < -0.39 is 15.9 Å². The van der Waals surface area contributed by atoms with Crippen molar-refractivity contribution in [3.63, 3.8) is 0 Å². The van der Waals surface area contributed by atoms with E-state index in [4.69, 9.17) is 28.3 Å². The molecule has 186 valence electrons. The summed E-state index contributed by atoms with van der Waals surface area (Å²) in [5.41, 5.74) is 1.32. The van der Waals surface area contributed by atoms with E-state index in [1.54, 1.807) is 25.1 Å². The Balaban J connectivity index is 1.62. The summed E-state index contributed by atoms with van der Waals surface area (Å²) in [6.07, 6.45) is 0.461. The molecule has 0 aliphatic carbocycles. The number of carbonyl (C=O) groups is 1. The van der Waals surface area contributed by atoms with Crippen LogP contribution in [0.3, 0.4) is 0 Å². The Hall–Kier alpha value is -2.66. The predicted octanol–water partition coefficient (Wildman–Crippen LogP) is 3.34. The van der Waals surface area contributed by atoms with Crippen molar-refractivity contribution in [2.24, 2.45) is 0 Å². The number of fused-ring (bicyclic) bond motifs is 1. The first kappa shape index (κ1) is 25.4. The van der Waals surface area contributed by atoms with Crippen LogP contribution in [-0.4, -0.2) is 70.9 Å². The van der Waals surface area contributed by atoms with Gasteiger partial charge in [0.25, 0.3) is 5.56 Å². The number of nitrogens with zero attached hydrogens (tertiary/aromatic N) is 4. The van der Waals surface area contributed by atoms with Gasteiger partial charge in [-0.2, -0.15) is 0 Å². The van der Waals surface area contributed by atoms with E-state index in [0.717, 1.165) is 5.56 Å². The van der Waals surface area contributed by atoms with Crippen LogP contribution in [0.2, 0.25) is 10.0 Å². The SMILES string of the molecule is CCS(=O)(=O)c1ccc(Cl)cc1Cn1cnc2cc(CN3CCN(C(=O)O)CC3)c(Cl)cc2c1=O. The molecular formula is C23H24Cl2N4O5S. The Morgan fingerprint density at radius 2 is 1.77 bits per heavy atom. The maximum atomic E-state index is 13.2. The van der Waals surface area contributed by atoms with Crippen molar-refractivity contribution in [2.45, 2.75) is 24.9 Å². The van der Waals surface area contributed by atoms with Crippen LogP contribution >= 0.6 is 23.2 Å². The number of rotatable bonds is 6. The molecule has 2 aromatic carbocycles. The lowest BCUT2D eigenvalue weighted by atomic mass is 10.1. The maximum Gasteiger partial charge on any atom is 0.407 e. The van der Waals surface area contributed by atoms with Gasteiger partial charge >= 0.3 is 6.09 Å². The third-order valence-electron chi connectivity index (χ3n) is 6.11. The number of benzene rings is 2. The number of hydrogen-bond acceptors (Lipinski definition) is 6. The number of piperazine rings is 1. The topological polar surface area (TPSA) is 113 Å². The number of amides is 1. The highest BCUT2D eigenvalue weighted by Crippen LogP contribution is 2.25. The Bertz CT molecular complexity index is 1450. The molecule has 0 atom stereocenters. The molecule has 1 saturated heterocycles. The molecule has 1 fully saturated rings. The van der Waals surface area contributed by atoms with Crippen LogP contribution in [0.1, 0.15) is 18.1 Å². The van der Waals surface area contributed by atoms with Gasteiger partial charge in [0.15, 0.2) is 9.84 Å². The molecule has 4 rings (SSSR count). The second-order valence-electron chi connectivity index (χ2n) is 8.34. The van der Waals surface area contributed by atoms with Gasteiger partial charge in [-0.05, 0) is 41.5 Å². The first-order valence-electron chi connectivity index (χ1n) is 11.0. The van der Waals surface area contributed by atoms with E-state index in [1.165, 1.54) is 27.9 Å². The average molecular weight is 539 g/mol. The summed E-state index contributed by atoms with van der Waals surface area (Å²) in [7, 11) is -3.51. The zero-order chi connectivity index (χ0) is 25.3. The molecule has 1 aliphatic heterocycles. The molecule has 35 heavy (non-hydrogen) atoms. The van der Waals surface area contributed by atoms with Crippen molar-refractivity contribution in [1.29, 1.82) is 0 Å². The van der Waals surface area contributed by atoms with E-state index in [2.05, 4.69) is 9.88 Å². The third kappa shape index (κ3) is 5.45. The van der Waals surface area contributed by atoms with Gasteiger partial charge < -0.3 is 10.0 Å². The fraction of sp³-hybridized carbons (Fsp3) is 0.348. The molecule has 2 heterocycles. The minimum Gasteiger partial charge on any atom is -0.465 e. The highest BCUT2D eigenvalue weighted by molar-refractivity contribution is 7.91. The highest BCUT2D eigenvalue weighted by atomic mass is 35.5. The van der Waals surface area contributed by atoms with Gasteiger partial charge in [0.2, 0.25) is 0 Å². The van der Waals surface area contributed by atoms with Gasteiger partial charge in [-0.15, -0.1) is 0 Å². The molecule has 1 aliphatic rings. The summed E-state index contributed by atoms with van der Waals surface area (Å²) in [5, 5.41) is 10.2. The van der Waals surface area contributed by atoms with Crippen molar-refractivity contribution < 1.29 is 18.3 Å². The molecule has 12 heteroatoms. The van der Waals surface area contributed by atoms with E-state index in [-0.39, 0.29) is 22.8 Å². The number of halogens is 2. The fourth-order valence-electron chi connectivity index (χ4n) is 4.11. The third-order valence-corrected chi connectivity index (χ3v) is 8.52. The molecule has 1 amide bonds. The van der Waals surface area contributed by atoms with E-state index in [9.17, 15) is 18.0 Å². The summed E-state index contributed by atoms with van der Waals surface area (Å²) >= 11 is 12.6. The number of hydrogen-bond donors (Lipinski definition) is 1. The zero-order valence-electron chi connectivity index (χ0n) is 18.9. The van der Waals surface area contributed by atoms with Crippen LogP contribution in [0.25, 0.3) is 10.9 Å². The summed E-state index contributed by atoms with van der Waals surface area (Å²) in [4.78, 5) is 32.3. The summed E-state index contributed by atoms with van der Waals surface area (Å²) in [6, 6.07) is 7.85. The van der Waals surface area contributed by atoms with Gasteiger partial charge in [-0.1, -0.05) is 30.1 Å². The Labute approximate surface area is 212 Å². The van der Waals surface area contributed by atoms with Crippen LogP contribution in [0.5, 0.6) is 0 Å². The van der Waals surface area contributed by atoms with Crippen molar-refractivity contribution >= 4 is 50.0 Å². The molecule has 0 spiro atoms. The molecule has 0 saturated carbocycles.